The Morgan fingerprint density at radius 1 is 0.872 bits per heavy atom. The zero-order valence-electron chi connectivity index (χ0n) is 22.8. The van der Waals surface area contributed by atoms with Crippen molar-refractivity contribution in [3.05, 3.63) is 82.9 Å². The summed E-state index contributed by atoms with van der Waals surface area (Å²) in [6, 6.07) is 17.5. The lowest BCUT2D eigenvalue weighted by Crippen LogP contribution is -2.55. The first-order valence-electron chi connectivity index (χ1n) is 13.2. The number of para-hydroxylation sites is 2. The first kappa shape index (κ1) is 26.7. The zero-order valence-corrected chi connectivity index (χ0v) is 23.6. The predicted molar refractivity (Wildman–Crippen MR) is 154 cm³/mol. The number of carbonyl (C=O) groups is 2. The first-order valence-corrected chi connectivity index (χ1v) is 14.6. The molecule has 2 aliphatic rings. The van der Waals surface area contributed by atoms with Gasteiger partial charge < -0.3 is 15.1 Å². The molecule has 2 aliphatic heterocycles. The molecule has 1 saturated heterocycles. The van der Waals surface area contributed by atoms with E-state index in [-0.39, 0.29) is 17.2 Å². The highest BCUT2D eigenvalue weighted by Crippen LogP contribution is 2.39. The summed E-state index contributed by atoms with van der Waals surface area (Å²) in [4.78, 5) is 31.0. The number of benzene rings is 3. The molecule has 8 nitrogen and oxygen atoms in total. The fourth-order valence-corrected chi connectivity index (χ4v) is 7.79. The average molecular weight is 547 g/mol. The molecule has 0 aromatic heterocycles. The topological polar surface area (TPSA) is 90.0 Å². The molecule has 0 aliphatic carbocycles. The van der Waals surface area contributed by atoms with Crippen LogP contribution in [0.4, 0.5) is 17.1 Å². The van der Waals surface area contributed by atoms with E-state index in [1.54, 1.807) is 43.0 Å². The number of piperazine rings is 1. The normalized spacial score (nSPS) is 17.6. The van der Waals surface area contributed by atoms with Crippen LogP contribution in [0.5, 0.6) is 0 Å². The van der Waals surface area contributed by atoms with Gasteiger partial charge in [0.25, 0.3) is 10.0 Å². The van der Waals surface area contributed by atoms with Crippen molar-refractivity contribution in [3.8, 4) is 0 Å². The van der Waals surface area contributed by atoms with Crippen LogP contribution in [0.1, 0.15) is 28.7 Å². The Morgan fingerprint density at radius 3 is 2.21 bits per heavy atom. The van der Waals surface area contributed by atoms with Crippen LogP contribution in [0, 0.1) is 27.7 Å². The van der Waals surface area contributed by atoms with Gasteiger partial charge in [0.05, 0.1) is 22.7 Å². The van der Waals surface area contributed by atoms with Crippen molar-refractivity contribution < 1.29 is 18.0 Å². The Labute approximate surface area is 230 Å². The van der Waals surface area contributed by atoms with Gasteiger partial charge in [-0.3, -0.25) is 13.9 Å². The first-order chi connectivity index (χ1) is 18.6. The number of anilines is 3. The Morgan fingerprint density at radius 2 is 1.54 bits per heavy atom. The number of nitrogens with zero attached hydrogens (tertiary/aromatic N) is 3. The molecule has 39 heavy (non-hydrogen) atoms. The number of hydrogen-bond donors (Lipinski definition) is 1. The minimum absolute atomic E-state index is 0.168. The minimum Gasteiger partial charge on any atom is -0.368 e. The van der Waals surface area contributed by atoms with E-state index in [1.807, 2.05) is 25.1 Å². The summed E-state index contributed by atoms with van der Waals surface area (Å²) in [7, 11) is -4.17. The highest BCUT2D eigenvalue weighted by molar-refractivity contribution is 7.93. The van der Waals surface area contributed by atoms with Gasteiger partial charge in [0.2, 0.25) is 11.8 Å². The molecule has 3 aromatic rings. The number of aryl methyl sites for hydroxylation is 4. The van der Waals surface area contributed by atoms with Crippen molar-refractivity contribution in [1.82, 2.24) is 4.90 Å². The van der Waals surface area contributed by atoms with Crippen LogP contribution >= 0.6 is 0 Å². The molecule has 3 aromatic carbocycles. The molecule has 0 spiro atoms. The molecule has 5 rings (SSSR count). The van der Waals surface area contributed by atoms with Gasteiger partial charge in [0, 0.05) is 31.9 Å². The molecule has 0 saturated carbocycles. The van der Waals surface area contributed by atoms with Gasteiger partial charge >= 0.3 is 0 Å². The maximum absolute atomic E-state index is 14.3. The van der Waals surface area contributed by atoms with Gasteiger partial charge in [0.1, 0.15) is 6.04 Å². The smallest absolute Gasteiger partial charge is 0.265 e. The van der Waals surface area contributed by atoms with Crippen LogP contribution in [0.3, 0.4) is 0 Å². The lowest BCUT2D eigenvalue weighted by atomic mass is 10.1. The molecule has 1 fully saturated rings. The second-order valence-corrected chi connectivity index (χ2v) is 12.2. The molecule has 1 unspecified atom stereocenters. The number of nitrogens with one attached hydrogen (secondary N) is 1. The number of amides is 2. The fourth-order valence-electron chi connectivity index (χ4n) is 5.74. The summed E-state index contributed by atoms with van der Waals surface area (Å²) in [5, 5.41) is 2.82. The molecule has 2 amide bonds. The third kappa shape index (κ3) is 5.11. The summed E-state index contributed by atoms with van der Waals surface area (Å²) in [5.41, 5.74) is 5.22. The molecule has 0 bridgehead atoms. The molecule has 0 radical (unpaired) electrons. The molecular weight excluding hydrogens is 512 g/mol. The molecule has 204 valence electrons. The Kier molecular flexibility index (Phi) is 7.11. The third-order valence-corrected chi connectivity index (χ3v) is 9.60. The molecule has 1 N–H and O–H groups in total. The average Bonchev–Trinajstić information content (AvgIpc) is 2.88. The fraction of sp³-hybridized carbons (Fsp3) is 0.333. The summed E-state index contributed by atoms with van der Waals surface area (Å²) in [6.45, 7) is 9.82. The van der Waals surface area contributed by atoms with Crippen LogP contribution < -0.4 is 14.5 Å². The van der Waals surface area contributed by atoms with Crippen molar-refractivity contribution >= 4 is 38.9 Å². The van der Waals surface area contributed by atoms with Gasteiger partial charge in [-0.15, -0.1) is 0 Å². The minimum atomic E-state index is -4.17. The number of sulfonamides is 1. The number of carbonyl (C=O) groups excluding carboxylic acids is 2. The standard InChI is InChI=1S/C30H34N4O4S/c1-20-8-7-9-24(18-20)32-12-14-33(15-13-32)28(35)19-27-30(36)31-25-10-5-6-11-26(25)34(27)39(37,38)29-22(3)16-21(2)17-23(29)4/h5-11,16-18,27H,12-15,19H2,1-4H3,(H,31,36). The summed E-state index contributed by atoms with van der Waals surface area (Å²) < 4.78 is 29.7. The van der Waals surface area contributed by atoms with E-state index in [0.29, 0.717) is 48.7 Å². The summed E-state index contributed by atoms with van der Waals surface area (Å²) in [5.74, 6) is -0.748. The monoisotopic (exact) mass is 546 g/mol. The summed E-state index contributed by atoms with van der Waals surface area (Å²) >= 11 is 0. The van der Waals surface area contributed by atoms with E-state index in [4.69, 9.17) is 0 Å². The predicted octanol–water partition coefficient (Wildman–Crippen LogP) is 4.18. The molecular formula is C30H34N4O4S. The van der Waals surface area contributed by atoms with Crippen LogP contribution in [-0.4, -0.2) is 57.4 Å². The number of rotatable bonds is 5. The zero-order chi connectivity index (χ0) is 27.9. The van der Waals surface area contributed by atoms with Crippen molar-refractivity contribution in [2.45, 2.75) is 45.1 Å². The second kappa shape index (κ2) is 10.4. The van der Waals surface area contributed by atoms with Gasteiger partial charge in [-0.2, -0.15) is 0 Å². The van der Waals surface area contributed by atoms with E-state index >= 15 is 0 Å². The maximum Gasteiger partial charge on any atom is 0.265 e. The van der Waals surface area contributed by atoms with E-state index in [2.05, 4.69) is 35.3 Å². The lowest BCUT2D eigenvalue weighted by Gasteiger charge is -2.40. The number of fused-ring (bicyclic) bond motifs is 1. The quantitative estimate of drug-likeness (QED) is 0.519. The Hall–Kier alpha value is -3.85. The van der Waals surface area contributed by atoms with Crippen molar-refractivity contribution in [1.29, 1.82) is 0 Å². The molecule has 2 heterocycles. The van der Waals surface area contributed by atoms with Crippen molar-refractivity contribution in [2.24, 2.45) is 0 Å². The largest absolute Gasteiger partial charge is 0.368 e. The van der Waals surface area contributed by atoms with E-state index < -0.39 is 22.0 Å². The SMILES string of the molecule is Cc1cccc(N2CCN(C(=O)CC3C(=O)Nc4ccccc4N3S(=O)(=O)c3c(C)cc(C)cc3C)CC2)c1. The molecule has 1 atom stereocenters. The van der Waals surface area contributed by atoms with Crippen LogP contribution in [0.25, 0.3) is 0 Å². The highest BCUT2D eigenvalue weighted by atomic mass is 32.2. The van der Waals surface area contributed by atoms with E-state index in [9.17, 15) is 18.0 Å². The Bertz CT molecular complexity index is 1520. The number of hydrogen-bond acceptors (Lipinski definition) is 5. The van der Waals surface area contributed by atoms with Crippen LogP contribution in [0.2, 0.25) is 0 Å². The van der Waals surface area contributed by atoms with Crippen molar-refractivity contribution in [2.75, 3.05) is 40.7 Å². The van der Waals surface area contributed by atoms with E-state index in [1.165, 1.54) is 5.56 Å². The van der Waals surface area contributed by atoms with Crippen LogP contribution in [0.15, 0.2) is 65.6 Å². The molecule has 9 heteroatoms. The van der Waals surface area contributed by atoms with Gasteiger partial charge in [-0.25, -0.2) is 8.42 Å². The third-order valence-electron chi connectivity index (χ3n) is 7.47. The van der Waals surface area contributed by atoms with Gasteiger partial charge in [0.15, 0.2) is 0 Å². The Balaban J connectivity index is 1.43. The summed E-state index contributed by atoms with van der Waals surface area (Å²) in [6.07, 6.45) is -0.242. The van der Waals surface area contributed by atoms with Crippen LogP contribution in [-0.2, 0) is 19.6 Å². The lowest BCUT2D eigenvalue weighted by molar-refractivity contribution is -0.133. The van der Waals surface area contributed by atoms with Gasteiger partial charge in [-0.05, 0) is 68.7 Å². The van der Waals surface area contributed by atoms with Gasteiger partial charge in [-0.1, -0.05) is 42.0 Å². The maximum atomic E-state index is 14.3. The highest BCUT2D eigenvalue weighted by Gasteiger charge is 2.43. The second-order valence-electron chi connectivity index (χ2n) is 10.5. The van der Waals surface area contributed by atoms with E-state index in [0.717, 1.165) is 15.6 Å². The van der Waals surface area contributed by atoms with Crippen molar-refractivity contribution in [3.63, 3.8) is 0 Å².